The van der Waals surface area contributed by atoms with Crippen molar-refractivity contribution in [3.63, 3.8) is 0 Å². The zero-order chi connectivity index (χ0) is 15.6. The quantitative estimate of drug-likeness (QED) is 0.741. The summed E-state index contributed by atoms with van der Waals surface area (Å²) in [5, 5.41) is 8.96. The Labute approximate surface area is 134 Å². The van der Waals surface area contributed by atoms with Crippen LogP contribution in [0.15, 0.2) is 41.3 Å². The maximum Gasteiger partial charge on any atom is 0.264 e. The van der Waals surface area contributed by atoms with Crippen LogP contribution in [0.5, 0.6) is 0 Å². The van der Waals surface area contributed by atoms with E-state index in [9.17, 15) is 17.2 Å². The summed E-state index contributed by atoms with van der Waals surface area (Å²) in [5.41, 5.74) is 0.196. The second-order valence-corrected chi connectivity index (χ2v) is 7.06. The molecule has 0 aliphatic carbocycles. The normalized spacial score (nSPS) is 11.4. The zero-order valence-corrected chi connectivity index (χ0v) is 13.5. The minimum atomic E-state index is -4.29. The monoisotopic (exact) mass is 425 g/mol. The van der Waals surface area contributed by atoms with E-state index in [1.54, 1.807) is 12.1 Å². The Kier molecular flexibility index (Phi) is 4.79. The van der Waals surface area contributed by atoms with Crippen LogP contribution < -0.4 is 4.72 Å². The number of sulfonamides is 1. The van der Waals surface area contributed by atoms with Crippen molar-refractivity contribution in [1.29, 1.82) is 0 Å². The Morgan fingerprint density at radius 3 is 2.33 bits per heavy atom. The highest BCUT2D eigenvalue weighted by Gasteiger charge is 2.23. The van der Waals surface area contributed by atoms with Gasteiger partial charge in [0, 0.05) is 9.26 Å². The molecule has 0 saturated carbocycles. The van der Waals surface area contributed by atoms with Gasteiger partial charge in [-0.1, -0.05) is 0 Å². The molecule has 112 valence electrons. The molecule has 0 aliphatic rings. The highest BCUT2D eigenvalue weighted by Crippen LogP contribution is 2.23. The zero-order valence-electron chi connectivity index (χ0n) is 10.5. The molecule has 2 rings (SSSR count). The van der Waals surface area contributed by atoms with Crippen LogP contribution in [0, 0.1) is 15.2 Å². The lowest BCUT2D eigenvalue weighted by molar-refractivity contribution is 0.280. The third-order valence-corrected chi connectivity index (χ3v) is 4.72. The number of aliphatic hydroxyl groups is 1. The van der Waals surface area contributed by atoms with Crippen LogP contribution in [0.3, 0.4) is 0 Å². The molecule has 0 radical (unpaired) electrons. The highest BCUT2D eigenvalue weighted by atomic mass is 127. The number of nitrogens with one attached hydrogen (secondary N) is 1. The summed E-state index contributed by atoms with van der Waals surface area (Å²) in [4.78, 5) is -0.842. The van der Waals surface area contributed by atoms with Gasteiger partial charge < -0.3 is 5.11 Å². The SMILES string of the molecule is O=S(=O)(Nc1ccc(I)cc1)c1cc(CO)cc(F)c1F. The van der Waals surface area contributed by atoms with E-state index in [0.717, 1.165) is 15.7 Å². The van der Waals surface area contributed by atoms with E-state index in [1.165, 1.54) is 12.1 Å². The predicted molar refractivity (Wildman–Crippen MR) is 82.2 cm³/mol. The predicted octanol–water partition coefficient (Wildman–Crippen LogP) is 2.86. The van der Waals surface area contributed by atoms with E-state index in [-0.39, 0.29) is 11.3 Å². The summed E-state index contributed by atoms with van der Waals surface area (Å²) in [7, 11) is -4.29. The molecule has 0 unspecified atom stereocenters. The topological polar surface area (TPSA) is 66.4 Å². The first kappa shape index (κ1) is 16.1. The molecule has 0 atom stereocenters. The van der Waals surface area contributed by atoms with Gasteiger partial charge in [0.05, 0.1) is 6.61 Å². The lowest BCUT2D eigenvalue weighted by Gasteiger charge is -2.10. The molecular formula is C13H10F2INO3S. The van der Waals surface area contributed by atoms with E-state index >= 15 is 0 Å². The molecule has 0 saturated heterocycles. The third-order valence-electron chi connectivity index (χ3n) is 2.62. The number of halogens is 3. The summed E-state index contributed by atoms with van der Waals surface area (Å²) in [5.74, 6) is -2.81. The van der Waals surface area contributed by atoms with Crippen molar-refractivity contribution in [2.45, 2.75) is 11.5 Å². The first-order chi connectivity index (χ1) is 9.83. The van der Waals surface area contributed by atoms with Crippen molar-refractivity contribution in [2.75, 3.05) is 4.72 Å². The van der Waals surface area contributed by atoms with Crippen LogP contribution in [-0.4, -0.2) is 13.5 Å². The van der Waals surface area contributed by atoms with E-state index in [4.69, 9.17) is 5.11 Å². The van der Waals surface area contributed by atoms with Gasteiger partial charge in [-0.15, -0.1) is 0 Å². The van der Waals surface area contributed by atoms with E-state index in [2.05, 4.69) is 4.72 Å². The summed E-state index contributed by atoms with van der Waals surface area (Å²) in [6, 6.07) is 7.98. The third kappa shape index (κ3) is 3.69. The fourth-order valence-electron chi connectivity index (χ4n) is 1.63. The summed E-state index contributed by atoms with van der Waals surface area (Å²) >= 11 is 2.05. The standard InChI is InChI=1S/C13H10F2INO3S/c14-11-5-8(7-18)6-12(13(11)15)21(19,20)17-10-3-1-9(16)2-4-10/h1-6,17-18H,7H2. The van der Waals surface area contributed by atoms with Gasteiger partial charge in [0.15, 0.2) is 11.6 Å². The number of rotatable bonds is 4. The summed E-state index contributed by atoms with van der Waals surface area (Å²) < 4.78 is 54.4. The van der Waals surface area contributed by atoms with Crippen molar-refractivity contribution in [3.05, 3.63) is 57.2 Å². The molecule has 0 fully saturated rings. The van der Waals surface area contributed by atoms with E-state index < -0.39 is 33.2 Å². The van der Waals surface area contributed by atoms with Gasteiger partial charge in [0.25, 0.3) is 10.0 Å². The molecule has 2 N–H and O–H groups in total. The Morgan fingerprint density at radius 1 is 1.14 bits per heavy atom. The highest BCUT2D eigenvalue weighted by molar-refractivity contribution is 14.1. The van der Waals surface area contributed by atoms with Gasteiger partial charge >= 0.3 is 0 Å². The van der Waals surface area contributed by atoms with E-state index in [1.807, 2.05) is 22.6 Å². The van der Waals surface area contributed by atoms with Crippen LogP contribution in [-0.2, 0) is 16.6 Å². The summed E-state index contributed by atoms with van der Waals surface area (Å²) in [6.07, 6.45) is 0. The number of hydrogen-bond donors (Lipinski definition) is 2. The molecular weight excluding hydrogens is 415 g/mol. The van der Waals surface area contributed by atoms with Crippen molar-refractivity contribution < 1.29 is 22.3 Å². The van der Waals surface area contributed by atoms with Crippen molar-refractivity contribution in [2.24, 2.45) is 0 Å². The largest absolute Gasteiger partial charge is 0.392 e. The van der Waals surface area contributed by atoms with Crippen LogP contribution in [0.1, 0.15) is 5.56 Å². The Morgan fingerprint density at radius 2 is 1.76 bits per heavy atom. The number of anilines is 1. The van der Waals surface area contributed by atoms with Crippen LogP contribution >= 0.6 is 22.6 Å². The van der Waals surface area contributed by atoms with Crippen LogP contribution in [0.2, 0.25) is 0 Å². The van der Waals surface area contributed by atoms with Crippen LogP contribution in [0.25, 0.3) is 0 Å². The van der Waals surface area contributed by atoms with Gasteiger partial charge in [-0.3, -0.25) is 4.72 Å². The minimum absolute atomic E-state index is 0.0307. The first-order valence-corrected chi connectivity index (χ1v) is 8.27. The molecule has 21 heavy (non-hydrogen) atoms. The number of aliphatic hydroxyl groups excluding tert-OH is 1. The molecule has 0 aromatic heterocycles. The van der Waals surface area contributed by atoms with Gasteiger partial charge in [-0.25, -0.2) is 17.2 Å². The Hall–Kier alpha value is -1.26. The second-order valence-electron chi connectivity index (χ2n) is 4.16. The lowest BCUT2D eigenvalue weighted by atomic mass is 10.2. The average molecular weight is 425 g/mol. The van der Waals surface area contributed by atoms with Crippen molar-refractivity contribution in [3.8, 4) is 0 Å². The number of benzene rings is 2. The molecule has 2 aromatic rings. The van der Waals surface area contributed by atoms with Gasteiger partial charge in [-0.2, -0.15) is 0 Å². The molecule has 0 spiro atoms. The lowest BCUT2D eigenvalue weighted by Crippen LogP contribution is -2.16. The van der Waals surface area contributed by atoms with Gasteiger partial charge in [0.2, 0.25) is 0 Å². The van der Waals surface area contributed by atoms with Crippen molar-refractivity contribution >= 4 is 38.3 Å². The molecule has 0 amide bonds. The maximum atomic E-state index is 13.7. The molecule has 8 heteroatoms. The maximum absolute atomic E-state index is 13.7. The molecule has 0 bridgehead atoms. The fraction of sp³-hybridized carbons (Fsp3) is 0.0769. The summed E-state index contributed by atoms with van der Waals surface area (Å²) in [6.45, 7) is -0.594. The fourth-order valence-corrected chi connectivity index (χ4v) is 3.19. The molecule has 2 aromatic carbocycles. The van der Waals surface area contributed by atoms with Gasteiger partial charge in [0.1, 0.15) is 4.90 Å². The number of hydrogen-bond acceptors (Lipinski definition) is 3. The minimum Gasteiger partial charge on any atom is -0.392 e. The van der Waals surface area contributed by atoms with Crippen molar-refractivity contribution in [1.82, 2.24) is 0 Å². The first-order valence-electron chi connectivity index (χ1n) is 5.70. The Bertz CT molecular complexity index is 764. The second kappa shape index (κ2) is 6.24. The molecule has 0 heterocycles. The Balaban J connectivity index is 2.44. The molecule has 0 aliphatic heterocycles. The molecule has 4 nitrogen and oxygen atoms in total. The smallest absolute Gasteiger partial charge is 0.264 e. The van der Waals surface area contributed by atoms with Gasteiger partial charge in [-0.05, 0) is 64.6 Å². The average Bonchev–Trinajstić information content (AvgIpc) is 2.43. The van der Waals surface area contributed by atoms with E-state index in [0.29, 0.717) is 0 Å². The van der Waals surface area contributed by atoms with Crippen LogP contribution in [0.4, 0.5) is 14.5 Å².